The molecule has 3 heteroatoms. The van der Waals surface area contributed by atoms with Gasteiger partial charge in [-0.05, 0) is 50.5 Å². The Morgan fingerprint density at radius 1 is 0.913 bits per heavy atom. The fourth-order valence-corrected chi connectivity index (χ4v) is 3.22. The van der Waals surface area contributed by atoms with Crippen molar-refractivity contribution in [3.8, 4) is 0 Å². The number of quaternary nitrogens is 1. The molecule has 132 valence electrons. The van der Waals surface area contributed by atoms with Gasteiger partial charge in [-0.3, -0.25) is 0 Å². The van der Waals surface area contributed by atoms with Gasteiger partial charge in [0.15, 0.2) is 12.4 Å². The zero-order valence-corrected chi connectivity index (χ0v) is 16.3. The highest BCUT2D eigenvalue weighted by atomic mass is 16.5. The van der Waals surface area contributed by atoms with E-state index in [4.69, 9.17) is 0 Å². The Hall–Kier alpha value is -0.930. The fraction of sp³-hybridized carbons (Fsp3) is 0.750. The molecule has 1 aliphatic heterocycles. The monoisotopic (exact) mass is 322 g/mol. The number of piperidine rings is 1. The molecule has 0 radical (unpaired) electrons. The summed E-state index contributed by atoms with van der Waals surface area (Å²) in [6.07, 6.45) is 8.04. The van der Waals surface area contributed by atoms with Crippen LogP contribution in [0.1, 0.15) is 83.8 Å². The molecule has 3 nitrogen and oxygen atoms in total. The van der Waals surface area contributed by atoms with Crippen LogP contribution in [-0.2, 0) is 7.05 Å². The summed E-state index contributed by atoms with van der Waals surface area (Å²) in [7, 11) is 2.08. The lowest BCUT2D eigenvalue weighted by Gasteiger charge is -2.36. The average Bonchev–Trinajstić information content (AvgIpc) is 2.48. The third-order valence-corrected chi connectivity index (χ3v) is 4.96. The second kappa shape index (κ2) is 8.79. The number of hydroxylamine groups is 3. The minimum absolute atomic E-state index is 0.306. The molecule has 0 unspecified atom stereocenters. The lowest BCUT2D eigenvalue weighted by molar-refractivity contribution is -1.12. The molecular weight excluding hydrogens is 284 g/mol. The molecule has 1 aliphatic rings. The van der Waals surface area contributed by atoms with Crippen LogP contribution in [-0.4, -0.2) is 29.0 Å². The molecule has 1 saturated heterocycles. The first-order valence-electron chi connectivity index (χ1n) is 9.26. The Bertz CT molecular complexity index is 475. The summed E-state index contributed by atoms with van der Waals surface area (Å²) in [4.78, 5) is 0. The van der Waals surface area contributed by atoms with Crippen LogP contribution in [0.25, 0.3) is 0 Å². The smallest absolute Gasteiger partial charge is 0.172 e. The van der Waals surface area contributed by atoms with Crippen molar-refractivity contribution in [2.45, 2.75) is 78.7 Å². The molecule has 0 aliphatic carbocycles. The van der Waals surface area contributed by atoms with Gasteiger partial charge < -0.3 is 0 Å². The van der Waals surface area contributed by atoms with Crippen molar-refractivity contribution in [2.24, 2.45) is 7.05 Å². The van der Waals surface area contributed by atoms with Crippen LogP contribution in [0.4, 0.5) is 0 Å². The van der Waals surface area contributed by atoms with Crippen LogP contribution in [0.5, 0.6) is 0 Å². The topological polar surface area (TPSA) is 24.1 Å². The Morgan fingerprint density at radius 3 is 1.83 bits per heavy atom. The van der Waals surface area contributed by atoms with E-state index in [0.717, 1.165) is 13.1 Å². The van der Waals surface area contributed by atoms with Crippen molar-refractivity contribution in [3.05, 3.63) is 29.6 Å². The standard InChI is InChI=1S/C12H20N.C8H18NO/c1-9(2)11-6-7-13(5)8-12(11)10(3)4;1-8(2)9(10)6-4-3-5-7-9/h6-10H,1-5H3;8,10H,3-7H2,1-2H3/q2*+1. The number of aromatic nitrogens is 1. The van der Waals surface area contributed by atoms with Gasteiger partial charge in [-0.1, -0.05) is 27.7 Å². The molecule has 2 heterocycles. The predicted octanol–water partition coefficient (Wildman–Crippen LogP) is 4.54. The summed E-state index contributed by atoms with van der Waals surface area (Å²) in [6.45, 7) is 15.1. The molecule has 2 rings (SSSR count). The number of hydrogen-bond acceptors (Lipinski definition) is 1. The second-order valence-corrected chi connectivity index (χ2v) is 7.92. The highest BCUT2D eigenvalue weighted by Crippen LogP contribution is 2.24. The van der Waals surface area contributed by atoms with E-state index in [1.54, 1.807) is 0 Å². The molecule has 1 aromatic rings. The number of likely N-dealkylation sites (tertiary alicyclic amines) is 1. The maximum Gasteiger partial charge on any atom is 0.172 e. The van der Waals surface area contributed by atoms with Crippen LogP contribution >= 0.6 is 0 Å². The zero-order valence-electron chi connectivity index (χ0n) is 16.3. The van der Waals surface area contributed by atoms with Crippen LogP contribution in [0.2, 0.25) is 0 Å². The number of aryl methyl sites for hydroxylation is 1. The van der Waals surface area contributed by atoms with Gasteiger partial charge in [-0.15, -0.1) is 0 Å². The fourth-order valence-electron chi connectivity index (χ4n) is 3.22. The molecule has 0 spiro atoms. The van der Waals surface area contributed by atoms with Crippen molar-refractivity contribution >= 4 is 0 Å². The summed E-state index contributed by atoms with van der Waals surface area (Å²) in [6, 6.07) is 2.61. The molecule has 0 bridgehead atoms. The van der Waals surface area contributed by atoms with Crippen LogP contribution in [0.3, 0.4) is 0 Å². The Balaban J connectivity index is 0.000000238. The van der Waals surface area contributed by atoms with Crippen molar-refractivity contribution in [1.29, 1.82) is 0 Å². The van der Waals surface area contributed by atoms with E-state index in [9.17, 15) is 5.21 Å². The van der Waals surface area contributed by atoms with Crippen molar-refractivity contribution < 1.29 is 14.4 Å². The van der Waals surface area contributed by atoms with Crippen molar-refractivity contribution in [1.82, 2.24) is 0 Å². The van der Waals surface area contributed by atoms with E-state index in [-0.39, 0.29) is 0 Å². The first-order chi connectivity index (χ1) is 10.7. The Morgan fingerprint density at radius 2 is 1.43 bits per heavy atom. The molecule has 0 atom stereocenters. The van der Waals surface area contributed by atoms with Gasteiger partial charge in [0.25, 0.3) is 0 Å². The van der Waals surface area contributed by atoms with Gasteiger partial charge in [-0.25, -0.2) is 9.77 Å². The third-order valence-electron chi connectivity index (χ3n) is 4.96. The average molecular weight is 323 g/mol. The molecule has 1 N–H and O–H groups in total. The Labute approximate surface area is 143 Å². The van der Waals surface area contributed by atoms with Gasteiger partial charge in [0.2, 0.25) is 0 Å². The molecule has 0 amide bonds. The third kappa shape index (κ3) is 5.89. The summed E-state index contributed by atoms with van der Waals surface area (Å²) >= 11 is 0. The van der Waals surface area contributed by atoms with Crippen molar-refractivity contribution in [3.63, 3.8) is 0 Å². The van der Waals surface area contributed by atoms with E-state index >= 15 is 0 Å². The van der Waals surface area contributed by atoms with Crippen molar-refractivity contribution in [2.75, 3.05) is 13.1 Å². The van der Waals surface area contributed by atoms with E-state index < -0.39 is 0 Å². The molecule has 1 aromatic heterocycles. The summed E-state index contributed by atoms with van der Waals surface area (Å²) in [5, 5.41) is 9.89. The first-order valence-corrected chi connectivity index (χ1v) is 9.26. The largest absolute Gasteiger partial charge is 0.217 e. The number of pyridine rings is 1. The van der Waals surface area contributed by atoms with Gasteiger partial charge in [0, 0.05) is 11.6 Å². The number of hydrogen-bond donors (Lipinski definition) is 1. The highest BCUT2D eigenvalue weighted by Gasteiger charge is 2.31. The summed E-state index contributed by atoms with van der Waals surface area (Å²) < 4.78 is 2.43. The number of rotatable bonds is 3. The molecular formula is C20H38N2O+2. The summed E-state index contributed by atoms with van der Waals surface area (Å²) in [5.74, 6) is 1.24. The van der Waals surface area contributed by atoms with E-state index in [1.807, 2.05) is 0 Å². The van der Waals surface area contributed by atoms with Crippen LogP contribution in [0, 0.1) is 0 Å². The van der Waals surface area contributed by atoms with E-state index in [1.165, 1.54) is 30.4 Å². The highest BCUT2D eigenvalue weighted by molar-refractivity contribution is 5.27. The van der Waals surface area contributed by atoms with Crippen LogP contribution < -0.4 is 4.57 Å². The molecule has 0 aromatic carbocycles. The van der Waals surface area contributed by atoms with Gasteiger partial charge in [0.05, 0.1) is 0 Å². The Kier molecular flexibility index (Phi) is 7.69. The molecule has 23 heavy (non-hydrogen) atoms. The normalized spacial score (nSPS) is 17.3. The molecule has 1 fully saturated rings. The number of nitrogens with zero attached hydrogens (tertiary/aromatic N) is 2. The lowest BCUT2D eigenvalue weighted by atomic mass is 9.92. The van der Waals surface area contributed by atoms with Crippen LogP contribution in [0.15, 0.2) is 18.5 Å². The molecule has 0 saturated carbocycles. The lowest BCUT2D eigenvalue weighted by Crippen LogP contribution is -2.53. The SMILES string of the molecule is CC(C)[N+]1(O)CCCCC1.CC(C)c1cc[n+](C)cc1C(C)C. The minimum Gasteiger partial charge on any atom is -0.217 e. The first kappa shape index (κ1) is 20.1. The maximum absolute atomic E-state index is 9.89. The zero-order chi connectivity index (χ0) is 17.6. The van der Waals surface area contributed by atoms with Gasteiger partial charge in [0.1, 0.15) is 26.2 Å². The van der Waals surface area contributed by atoms with Gasteiger partial charge in [-0.2, -0.15) is 4.65 Å². The van der Waals surface area contributed by atoms with Gasteiger partial charge >= 0.3 is 0 Å². The maximum atomic E-state index is 9.89. The summed E-state index contributed by atoms with van der Waals surface area (Å²) in [5.41, 5.74) is 2.95. The van der Waals surface area contributed by atoms with E-state index in [2.05, 4.69) is 71.6 Å². The second-order valence-electron chi connectivity index (χ2n) is 7.92. The quantitative estimate of drug-likeness (QED) is 0.641. The predicted molar refractivity (Wildman–Crippen MR) is 96.6 cm³/mol. The van der Waals surface area contributed by atoms with E-state index in [0.29, 0.717) is 22.5 Å². The minimum atomic E-state index is 0.306.